The number of hydrogen-bond donors (Lipinski definition) is 2. The standard InChI is InChI=1S/C13H14N4O2/c14-12(18)9-3-1-2-4-10(9)15-7-11-16-13(17-19-11)8-5-6-8/h1-4,8,15H,5-7H2,(H2,14,18). The van der Waals surface area contributed by atoms with Crippen LogP contribution in [0.2, 0.25) is 0 Å². The SMILES string of the molecule is NC(=O)c1ccccc1NCc1nc(C2CC2)no1. The Labute approximate surface area is 110 Å². The fourth-order valence-corrected chi connectivity index (χ4v) is 1.87. The molecule has 0 aliphatic heterocycles. The average molecular weight is 258 g/mol. The first-order valence-corrected chi connectivity index (χ1v) is 6.19. The summed E-state index contributed by atoms with van der Waals surface area (Å²) in [6.45, 7) is 0.379. The van der Waals surface area contributed by atoms with Crippen molar-refractivity contribution in [3.05, 3.63) is 41.5 Å². The molecule has 2 aromatic rings. The Balaban J connectivity index is 1.69. The van der Waals surface area contributed by atoms with Gasteiger partial charge in [0.05, 0.1) is 12.1 Å². The molecule has 1 aromatic heterocycles. The second-order valence-corrected chi connectivity index (χ2v) is 4.58. The van der Waals surface area contributed by atoms with Gasteiger partial charge in [0.15, 0.2) is 5.82 Å². The summed E-state index contributed by atoms with van der Waals surface area (Å²) >= 11 is 0. The molecule has 0 atom stereocenters. The smallest absolute Gasteiger partial charge is 0.250 e. The van der Waals surface area contributed by atoms with E-state index in [2.05, 4.69) is 15.5 Å². The predicted molar refractivity (Wildman–Crippen MR) is 68.6 cm³/mol. The molecular formula is C13H14N4O2. The number of anilines is 1. The van der Waals surface area contributed by atoms with E-state index in [1.165, 1.54) is 0 Å². The maximum absolute atomic E-state index is 11.3. The third-order valence-corrected chi connectivity index (χ3v) is 3.05. The van der Waals surface area contributed by atoms with Crippen LogP contribution in [-0.4, -0.2) is 16.0 Å². The fourth-order valence-electron chi connectivity index (χ4n) is 1.87. The van der Waals surface area contributed by atoms with E-state index in [1.807, 2.05) is 6.07 Å². The zero-order valence-electron chi connectivity index (χ0n) is 10.3. The van der Waals surface area contributed by atoms with Crippen molar-refractivity contribution in [1.82, 2.24) is 10.1 Å². The van der Waals surface area contributed by atoms with Crippen LogP contribution < -0.4 is 11.1 Å². The highest BCUT2D eigenvalue weighted by atomic mass is 16.5. The van der Waals surface area contributed by atoms with Gasteiger partial charge < -0.3 is 15.6 Å². The van der Waals surface area contributed by atoms with Gasteiger partial charge >= 0.3 is 0 Å². The maximum Gasteiger partial charge on any atom is 0.250 e. The quantitative estimate of drug-likeness (QED) is 0.850. The molecule has 1 saturated carbocycles. The first-order valence-electron chi connectivity index (χ1n) is 6.19. The summed E-state index contributed by atoms with van der Waals surface area (Å²) in [5.74, 6) is 1.30. The molecule has 6 nitrogen and oxygen atoms in total. The monoisotopic (exact) mass is 258 g/mol. The summed E-state index contributed by atoms with van der Waals surface area (Å²) in [5, 5.41) is 7.02. The number of nitrogens with zero attached hydrogens (tertiary/aromatic N) is 2. The Kier molecular flexibility index (Phi) is 2.91. The normalized spacial score (nSPS) is 14.3. The Morgan fingerprint density at radius 3 is 2.95 bits per heavy atom. The summed E-state index contributed by atoms with van der Waals surface area (Å²) in [4.78, 5) is 15.6. The molecule has 3 rings (SSSR count). The van der Waals surface area contributed by atoms with Crippen molar-refractivity contribution in [2.24, 2.45) is 5.73 Å². The van der Waals surface area contributed by atoms with Gasteiger partial charge in [0.2, 0.25) is 5.89 Å². The highest BCUT2D eigenvalue weighted by molar-refractivity contribution is 5.98. The van der Waals surface area contributed by atoms with E-state index in [-0.39, 0.29) is 0 Å². The molecule has 0 spiro atoms. The number of nitrogens with two attached hydrogens (primary N) is 1. The number of hydrogen-bond acceptors (Lipinski definition) is 5. The summed E-state index contributed by atoms with van der Waals surface area (Å²) in [6.07, 6.45) is 2.27. The third-order valence-electron chi connectivity index (χ3n) is 3.05. The van der Waals surface area contributed by atoms with Crippen LogP contribution in [0.3, 0.4) is 0 Å². The number of carbonyl (C=O) groups excluding carboxylic acids is 1. The largest absolute Gasteiger partial charge is 0.375 e. The molecule has 0 unspecified atom stereocenters. The Bertz CT molecular complexity index is 604. The number of carbonyl (C=O) groups is 1. The minimum atomic E-state index is -0.465. The first kappa shape index (κ1) is 11.7. The van der Waals surface area contributed by atoms with Gasteiger partial charge in [-0.05, 0) is 25.0 Å². The van der Waals surface area contributed by atoms with E-state index in [1.54, 1.807) is 18.2 Å². The molecule has 1 aliphatic rings. The topological polar surface area (TPSA) is 94.0 Å². The Morgan fingerprint density at radius 2 is 2.21 bits per heavy atom. The van der Waals surface area contributed by atoms with Crippen molar-refractivity contribution >= 4 is 11.6 Å². The van der Waals surface area contributed by atoms with Gasteiger partial charge in [0, 0.05) is 11.6 Å². The van der Waals surface area contributed by atoms with Crippen molar-refractivity contribution in [1.29, 1.82) is 0 Å². The molecule has 1 aromatic carbocycles. The summed E-state index contributed by atoms with van der Waals surface area (Å²) < 4.78 is 5.15. The van der Waals surface area contributed by atoms with Crippen molar-refractivity contribution in [3.8, 4) is 0 Å². The van der Waals surface area contributed by atoms with E-state index in [4.69, 9.17) is 10.3 Å². The molecule has 6 heteroatoms. The van der Waals surface area contributed by atoms with E-state index in [9.17, 15) is 4.79 Å². The minimum absolute atomic E-state index is 0.379. The van der Waals surface area contributed by atoms with Gasteiger partial charge in [0.25, 0.3) is 5.91 Å². The number of rotatable bonds is 5. The highest BCUT2D eigenvalue weighted by Crippen LogP contribution is 2.38. The maximum atomic E-state index is 11.3. The minimum Gasteiger partial charge on any atom is -0.375 e. The van der Waals surface area contributed by atoms with Crippen LogP contribution in [0.25, 0.3) is 0 Å². The van der Waals surface area contributed by atoms with Crippen LogP contribution in [0.5, 0.6) is 0 Å². The van der Waals surface area contributed by atoms with Crippen molar-refractivity contribution in [2.45, 2.75) is 25.3 Å². The lowest BCUT2D eigenvalue weighted by Crippen LogP contribution is -2.14. The molecule has 0 saturated heterocycles. The van der Waals surface area contributed by atoms with E-state index in [0.717, 1.165) is 18.7 Å². The highest BCUT2D eigenvalue weighted by Gasteiger charge is 2.28. The van der Waals surface area contributed by atoms with Gasteiger partial charge in [-0.15, -0.1) is 0 Å². The first-order chi connectivity index (χ1) is 9.24. The van der Waals surface area contributed by atoms with E-state index in [0.29, 0.717) is 29.6 Å². The van der Waals surface area contributed by atoms with Gasteiger partial charge in [-0.1, -0.05) is 17.3 Å². The second-order valence-electron chi connectivity index (χ2n) is 4.58. The molecule has 1 heterocycles. The average Bonchev–Trinajstić information content (AvgIpc) is 3.16. The second kappa shape index (κ2) is 4.72. The third kappa shape index (κ3) is 2.57. The molecule has 0 bridgehead atoms. The van der Waals surface area contributed by atoms with E-state index < -0.39 is 5.91 Å². The number of amides is 1. The van der Waals surface area contributed by atoms with E-state index >= 15 is 0 Å². The number of benzene rings is 1. The number of aromatic nitrogens is 2. The van der Waals surface area contributed by atoms with Crippen molar-refractivity contribution in [2.75, 3.05) is 5.32 Å². The van der Waals surface area contributed by atoms with Crippen LogP contribution in [0.15, 0.2) is 28.8 Å². The number of primary amides is 1. The molecule has 19 heavy (non-hydrogen) atoms. The van der Waals surface area contributed by atoms with Crippen LogP contribution in [0, 0.1) is 0 Å². The van der Waals surface area contributed by atoms with Crippen LogP contribution in [-0.2, 0) is 6.54 Å². The lowest BCUT2D eigenvalue weighted by Gasteiger charge is -2.07. The summed E-state index contributed by atoms with van der Waals surface area (Å²) in [7, 11) is 0. The summed E-state index contributed by atoms with van der Waals surface area (Å²) in [6, 6.07) is 7.06. The van der Waals surface area contributed by atoms with Crippen molar-refractivity contribution < 1.29 is 9.32 Å². The van der Waals surface area contributed by atoms with Crippen LogP contribution >= 0.6 is 0 Å². The molecule has 1 fully saturated rings. The molecule has 0 radical (unpaired) electrons. The lowest BCUT2D eigenvalue weighted by atomic mass is 10.1. The molecular weight excluding hydrogens is 244 g/mol. The lowest BCUT2D eigenvalue weighted by molar-refractivity contribution is 0.100. The van der Waals surface area contributed by atoms with Gasteiger partial charge in [-0.2, -0.15) is 4.98 Å². The Morgan fingerprint density at radius 1 is 1.42 bits per heavy atom. The van der Waals surface area contributed by atoms with Gasteiger partial charge in [-0.3, -0.25) is 4.79 Å². The van der Waals surface area contributed by atoms with Crippen molar-refractivity contribution in [3.63, 3.8) is 0 Å². The van der Waals surface area contributed by atoms with Gasteiger partial charge in [0.1, 0.15) is 0 Å². The zero-order chi connectivity index (χ0) is 13.2. The van der Waals surface area contributed by atoms with Gasteiger partial charge in [-0.25, -0.2) is 0 Å². The zero-order valence-corrected chi connectivity index (χ0v) is 10.3. The number of nitrogens with one attached hydrogen (secondary N) is 1. The Hall–Kier alpha value is -2.37. The molecule has 3 N–H and O–H groups in total. The number of para-hydroxylation sites is 1. The predicted octanol–water partition coefficient (Wildman–Crippen LogP) is 1.66. The molecule has 98 valence electrons. The molecule has 1 amide bonds. The summed E-state index contributed by atoms with van der Waals surface area (Å²) in [5.41, 5.74) is 6.42. The van der Waals surface area contributed by atoms with Crippen LogP contribution in [0.4, 0.5) is 5.69 Å². The molecule has 1 aliphatic carbocycles. The van der Waals surface area contributed by atoms with Crippen LogP contribution in [0.1, 0.15) is 40.8 Å². The fraction of sp³-hybridized carbons (Fsp3) is 0.308.